The fourth-order valence-electron chi connectivity index (χ4n) is 0.808. The first-order chi connectivity index (χ1) is 6.74. The van der Waals surface area contributed by atoms with Gasteiger partial charge < -0.3 is 9.47 Å². The molecule has 0 aliphatic heterocycles. The van der Waals surface area contributed by atoms with E-state index >= 15 is 0 Å². The standard InChI is InChI=1S/C9H10ClNO3/c1-13-4-5-14-9(12)8-6-7(10)2-3-11-8/h2-3,6H,4-5H2,1H3. The summed E-state index contributed by atoms with van der Waals surface area (Å²) in [7, 11) is 1.53. The van der Waals surface area contributed by atoms with Gasteiger partial charge in [0.2, 0.25) is 0 Å². The fourth-order valence-corrected chi connectivity index (χ4v) is 0.968. The molecule has 0 aliphatic carbocycles. The molecule has 0 spiro atoms. The highest BCUT2D eigenvalue weighted by molar-refractivity contribution is 6.30. The lowest BCUT2D eigenvalue weighted by Gasteiger charge is -2.02. The Labute approximate surface area is 86.8 Å². The molecule has 1 heterocycles. The van der Waals surface area contributed by atoms with Crippen LogP contribution in [-0.4, -0.2) is 31.3 Å². The van der Waals surface area contributed by atoms with Gasteiger partial charge in [0, 0.05) is 18.3 Å². The highest BCUT2D eigenvalue weighted by Crippen LogP contribution is 2.08. The molecule has 0 aromatic carbocycles. The van der Waals surface area contributed by atoms with E-state index in [1.165, 1.54) is 19.4 Å². The Bertz CT molecular complexity index is 317. The summed E-state index contributed by atoms with van der Waals surface area (Å²) in [6.45, 7) is 0.579. The third kappa shape index (κ3) is 3.32. The minimum Gasteiger partial charge on any atom is -0.459 e. The normalized spacial score (nSPS) is 9.86. The molecule has 0 aliphatic rings. The molecule has 1 aromatic heterocycles. The van der Waals surface area contributed by atoms with Crippen LogP contribution in [0.3, 0.4) is 0 Å². The average Bonchev–Trinajstić information content (AvgIpc) is 2.18. The zero-order valence-corrected chi connectivity index (χ0v) is 8.45. The van der Waals surface area contributed by atoms with E-state index in [2.05, 4.69) is 4.98 Å². The summed E-state index contributed by atoms with van der Waals surface area (Å²) in [5.41, 5.74) is 0.202. The third-order valence-corrected chi connectivity index (χ3v) is 1.69. The fraction of sp³-hybridized carbons (Fsp3) is 0.333. The van der Waals surface area contributed by atoms with Gasteiger partial charge in [-0.05, 0) is 12.1 Å². The molecule has 0 amide bonds. The van der Waals surface area contributed by atoms with Crippen molar-refractivity contribution < 1.29 is 14.3 Å². The van der Waals surface area contributed by atoms with Crippen molar-refractivity contribution in [2.24, 2.45) is 0 Å². The van der Waals surface area contributed by atoms with Crippen LogP contribution in [0.15, 0.2) is 18.3 Å². The van der Waals surface area contributed by atoms with Crippen LogP contribution in [0.5, 0.6) is 0 Å². The van der Waals surface area contributed by atoms with Gasteiger partial charge in [-0.15, -0.1) is 0 Å². The van der Waals surface area contributed by atoms with Crippen molar-refractivity contribution >= 4 is 17.6 Å². The molecule has 5 heteroatoms. The Morgan fingerprint density at radius 3 is 3.00 bits per heavy atom. The topological polar surface area (TPSA) is 48.4 Å². The van der Waals surface area contributed by atoms with Crippen LogP contribution in [0.1, 0.15) is 10.5 Å². The highest BCUT2D eigenvalue weighted by atomic mass is 35.5. The van der Waals surface area contributed by atoms with Crippen molar-refractivity contribution in [3.8, 4) is 0 Å². The maximum absolute atomic E-state index is 11.3. The monoisotopic (exact) mass is 215 g/mol. The minimum absolute atomic E-state index is 0.202. The van der Waals surface area contributed by atoms with Gasteiger partial charge in [0.15, 0.2) is 0 Å². The molecule has 0 N–H and O–H groups in total. The molecule has 1 rings (SSSR count). The van der Waals surface area contributed by atoms with Crippen LogP contribution in [0, 0.1) is 0 Å². The van der Waals surface area contributed by atoms with E-state index in [1.54, 1.807) is 6.07 Å². The Balaban J connectivity index is 2.52. The predicted molar refractivity (Wildman–Crippen MR) is 51.4 cm³/mol. The highest BCUT2D eigenvalue weighted by Gasteiger charge is 2.08. The number of ether oxygens (including phenoxy) is 2. The molecular weight excluding hydrogens is 206 g/mol. The molecule has 0 bridgehead atoms. The number of halogens is 1. The van der Waals surface area contributed by atoms with Crippen molar-refractivity contribution in [1.29, 1.82) is 0 Å². The molecule has 0 radical (unpaired) electrons. The van der Waals surface area contributed by atoms with Gasteiger partial charge >= 0.3 is 5.97 Å². The summed E-state index contributed by atoms with van der Waals surface area (Å²) in [5.74, 6) is -0.496. The van der Waals surface area contributed by atoms with Gasteiger partial charge in [0.05, 0.1) is 6.61 Å². The maximum Gasteiger partial charge on any atom is 0.357 e. The van der Waals surface area contributed by atoms with Gasteiger partial charge in [-0.3, -0.25) is 0 Å². The molecular formula is C9H10ClNO3. The molecule has 0 saturated heterocycles. The summed E-state index contributed by atoms with van der Waals surface area (Å²) in [6, 6.07) is 3.05. The van der Waals surface area contributed by atoms with Crippen LogP contribution in [-0.2, 0) is 9.47 Å². The number of nitrogens with zero attached hydrogens (tertiary/aromatic N) is 1. The van der Waals surface area contributed by atoms with Crippen LogP contribution in [0.2, 0.25) is 5.02 Å². The zero-order chi connectivity index (χ0) is 10.4. The SMILES string of the molecule is COCCOC(=O)c1cc(Cl)ccn1. The number of aromatic nitrogens is 1. The van der Waals surface area contributed by atoms with Crippen LogP contribution in [0.25, 0.3) is 0 Å². The minimum atomic E-state index is -0.496. The van der Waals surface area contributed by atoms with E-state index in [4.69, 9.17) is 21.1 Å². The van der Waals surface area contributed by atoms with E-state index in [0.29, 0.717) is 11.6 Å². The van der Waals surface area contributed by atoms with Crippen molar-refractivity contribution in [2.45, 2.75) is 0 Å². The van der Waals surface area contributed by atoms with Gasteiger partial charge in [-0.2, -0.15) is 0 Å². The van der Waals surface area contributed by atoms with E-state index in [0.717, 1.165) is 0 Å². The van der Waals surface area contributed by atoms with Crippen molar-refractivity contribution in [3.63, 3.8) is 0 Å². The first kappa shape index (κ1) is 10.9. The summed E-state index contributed by atoms with van der Waals surface area (Å²) in [5, 5.41) is 0.457. The molecule has 0 unspecified atom stereocenters. The van der Waals surface area contributed by atoms with Gasteiger partial charge in [0.25, 0.3) is 0 Å². The van der Waals surface area contributed by atoms with E-state index in [-0.39, 0.29) is 12.3 Å². The second-order valence-electron chi connectivity index (χ2n) is 2.49. The molecule has 14 heavy (non-hydrogen) atoms. The summed E-state index contributed by atoms with van der Waals surface area (Å²) >= 11 is 5.68. The van der Waals surface area contributed by atoms with Gasteiger partial charge in [0.1, 0.15) is 12.3 Å². The molecule has 76 valence electrons. The predicted octanol–water partition coefficient (Wildman–Crippen LogP) is 1.54. The Morgan fingerprint density at radius 2 is 2.36 bits per heavy atom. The number of hydrogen-bond donors (Lipinski definition) is 0. The molecule has 0 fully saturated rings. The number of carbonyl (C=O) groups excluding carboxylic acids is 1. The number of carbonyl (C=O) groups is 1. The second-order valence-corrected chi connectivity index (χ2v) is 2.92. The lowest BCUT2D eigenvalue weighted by atomic mass is 10.3. The number of esters is 1. The Kier molecular flexibility index (Phi) is 4.35. The summed E-state index contributed by atoms with van der Waals surface area (Å²) < 4.78 is 9.57. The molecule has 4 nitrogen and oxygen atoms in total. The van der Waals surface area contributed by atoms with E-state index in [9.17, 15) is 4.79 Å². The third-order valence-electron chi connectivity index (χ3n) is 1.45. The number of rotatable bonds is 4. The van der Waals surface area contributed by atoms with Crippen molar-refractivity contribution in [3.05, 3.63) is 29.0 Å². The second kappa shape index (κ2) is 5.57. The molecule has 0 saturated carbocycles. The Hall–Kier alpha value is -1.13. The van der Waals surface area contributed by atoms with Crippen molar-refractivity contribution in [2.75, 3.05) is 20.3 Å². The van der Waals surface area contributed by atoms with E-state index < -0.39 is 5.97 Å². The number of pyridine rings is 1. The maximum atomic E-state index is 11.3. The Morgan fingerprint density at radius 1 is 1.57 bits per heavy atom. The first-order valence-electron chi connectivity index (χ1n) is 4.01. The lowest BCUT2D eigenvalue weighted by molar-refractivity contribution is 0.0381. The lowest BCUT2D eigenvalue weighted by Crippen LogP contribution is -2.11. The zero-order valence-electron chi connectivity index (χ0n) is 7.70. The van der Waals surface area contributed by atoms with Gasteiger partial charge in [-0.1, -0.05) is 11.6 Å². The van der Waals surface area contributed by atoms with Crippen LogP contribution >= 0.6 is 11.6 Å². The van der Waals surface area contributed by atoms with E-state index in [1.807, 2.05) is 0 Å². The van der Waals surface area contributed by atoms with Crippen LogP contribution in [0.4, 0.5) is 0 Å². The summed E-state index contributed by atoms with van der Waals surface area (Å²) in [4.78, 5) is 15.1. The molecule has 0 atom stereocenters. The largest absolute Gasteiger partial charge is 0.459 e. The molecule has 1 aromatic rings. The van der Waals surface area contributed by atoms with Crippen LogP contribution < -0.4 is 0 Å². The van der Waals surface area contributed by atoms with Crippen molar-refractivity contribution in [1.82, 2.24) is 4.98 Å². The smallest absolute Gasteiger partial charge is 0.357 e. The average molecular weight is 216 g/mol. The number of hydrogen-bond acceptors (Lipinski definition) is 4. The quantitative estimate of drug-likeness (QED) is 0.565. The summed E-state index contributed by atoms with van der Waals surface area (Å²) in [6.07, 6.45) is 1.45. The first-order valence-corrected chi connectivity index (χ1v) is 4.39. The van der Waals surface area contributed by atoms with Gasteiger partial charge in [-0.25, -0.2) is 9.78 Å². The number of methoxy groups -OCH3 is 1.